The molecule has 9 heteroatoms. The van der Waals surface area contributed by atoms with Gasteiger partial charge in [-0.05, 0) is 54.6 Å². The topological polar surface area (TPSA) is 96.7 Å². The third-order valence-corrected chi connectivity index (χ3v) is 5.98. The van der Waals surface area contributed by atoms with Crippen LogP contribution in [0.4, 0.5) is 9.18 Å². The minimum Gasteiger partial charge on any atom is -0.451 e. The highest BCUT2D eigenvalue weighted by atomic mass is 32.2. The minimum absolute atomic E-state index is 0.00274. The molecule has 3 amide bonds. The largest absolute Gasteiger partial charge is 0.451 e. The highest BCUT2D eigenvalue weighted by molar-refractivity contribution is 8.18. The van der Waals surface area contributed by atoms with E-state index in [1.54, 1.807) is 30.3 Å². The molecule has 2 aromatic carbocycles. The predicted octanol–water partition coefficient (Wildman–Crippen LogP) is 4.75. The summed E-state index contributed by atoms with van der Waals surface area (Å²) in [6, 6.07) is 15.6. The van der Waals surface area contributed by atoms with Crippen LogP contribution in [0.15, 0.2) is 70.0 Å². The molecule has 1 saturated heterocycles. The van der Waals surface area contributed by atoms with Crippen molar-refractivity contribution in [3.63, 3.8) is 0 Å². The fourth-order valence-electron chi connectivity index (χ4n) is 3.26. The minimum atomic E-state index is -0.486. The summed E-state index contributed by atoms with van der Waals surface area (Å²) < 4.78 is 18.7. The van der Waals surface area contributed by atoms with Gasteiger partial charge in [-0.25, -0.2) is 4.39 Å². The van der Waals surface area contributed by atoms with Crippen molar-refractivity contribution >= 4 is 40.7 Å². The van der Waals surface area contributed by atoms with E-state index in [1.165, 1.54) is 43.3 Å². The molecule has 1 aliphatic rings. The molecule has 2 heterocycles. The molecule has 0 aliphatic carbocycles. The second-order valence-corrected chi connectivity index (χ2v) is 8.43. The molecule has 1 fully saturated rings. The summed E-state index contributed by atoms with van der Waals surface area (Å²) in [4.78, 5) is 49.9. The fourth-order valence-corrected chi connectivity index (χ4v) is 4.12. The van der Waals surface area contributed by atoms with Crippen molar-refractivity contribution in [2.24, 2.45) is 0 Å². The Kier molecular flexibility index (Phi) is 6.74. The molecule has 3 aromatic rings. The number of halogens is 1. The number of hydrogen-bond acceptors (Lipinski definition) is 6. The Hall–Kier alpha value is -3.98. The number of imide groups is 1. The summed E-state index contributed by atoms with van der Waals surface area (Å²) >= 11 is 0.792. The smallest absolute Gasteiger partial charge is 0.293 e. The number of Topliss-reactive ketones (excluding diaryl/α,β-unsaturated/α-hetero) is 1. The number of amides is 3. The molecule has 0 unspecified atom stereocenters. The average molecular weight is 479 g/mol. The first-order valence-corrected chi connectivity index (χ1v) is 11.1. The van der Waals surface area contributed by atoms with E-state index in [4.69, 9.17) is 4.42 Å². The molecule has 0 radical (unpaired) electrons. The Balaban J connectivity index is 1.33. The Morgan fingerprint density at radius 2 is 1.74 bits per heavy atom. The standard InChI is InChI=1S/C25H19FN2O5S/c1-15(29)17-4-6-18(7-5-17)20-10-11-21(33-20)23(30)27-12-13-28-24(31)22(34-25(28)32)14-16-2-8-19(26)9-3-16/h2-11,14H,12-13H2,1H3,(H,27,30)/b22-14+. The molecule has 4 rings (SSSR count). The third kappa shape index (κ3) is 5.15. The highest BCUT2D eigenvalue weighted by Crippen LogP contribution is 2.32. The third-order valence-electron chi connectivity index (χ3n) is 5.07. The molecule has 172 valence electrons. The van der Waals surface area contributed by atoms with E-state index in [0.717, 1.165) is 22.2 Å². The quantitative estimate of drug-likeness (QED) is 0.389. The molecule has 1 aliphatic heterocycles. The molecule has 1 aromatic heterocycles. The second-order valence-electron chi connectivity index (χ2n) is 7.44. The molecule has 0 saturated carbocycles. The number of benzene rings is 2. The van der Waals surface area contributed by atoms with Gasteiger partial charge in [-0.3, -0.25) is 24.1 Å². The maximum absolute atomic E-state index is 13.0. The van der Waals surface area contributed by atoms with Crippen LogP contribution in [0.25, 0.3) is 17.4 Å². The maximum Gasteiger partial charge on any atom is 0.293 e. The van der Waals surface area contributed by atoms with Gasteiger partial charge in [0.25, 0.3) is 17.1 Å². The van der Waals surface area contributed by atoms with Gasteiger partial charge in [-0.2, -0.15) is 0 Å². The Bertz CT molecular complexity index is 1300. The number of thioether (sulfide) groups is 1. The van der Waals surface area contributed by atoms with E-state index in [0.29, 0.717) is 16.9 Å². The lowest BCUT2D eigenvalue weighted by Gasteiger charge is -2.12. The van der Waals surface area contributed by atoms with Crippen molar-refractivity contribution in [3.05, 3.63) is 88.3 Å². The van der Waals surface area contributed by atoms with Gasteiger partial charge >= 0.3 is 0 Å². The van der Waals surface area contributed by atoms with Crippen molar-refractivity contribution in [2.75, 3.05) is 13.1 Å². The van der Waals surface area contributed by atoms with Gasteiger partial charge in [-0.1, -0.05) is 36.4 Å². The lowest BCUT2D eigenvalue weighted by molar-refractivity contribution is -0.122. The van der Waals surface area contributed by atoms with Gasteiger partial charge < -0.3 is 9.73 Å². The van der Waals surface area contributed by atoms with E-state index in [-0.39, 0.29) is 29.5 Å². The lowest BCUT2D eigenvalue weighted by atomic mass is 10.1. The van der Waals surface area contributed by atoms with Crippen molar-refractivity contribution in [1.29, 1.82) is 0 Å². The molecule has 1 N–H and O–H groups in total. The number of nitrogens with zero attached hydrogens (tertiary/aromatic N) is 1. The van der Waals surface area contributed by atoms with Crippen LogP contribution in [0, 0.1) is 5.82 Å². The summed E-state index contributed by atoms with van der Waals surface area (Å²) in [7, 11) is 0. The molecule has 0 bridgehead atoms. The summed E-state index contributed by atoms with van der Waals surface area (Å²) in [6.45, 7) is 1.52. The number of rotatable bonds is 7. The summed E-state index contributed by atoms with van der Waals surface area (Å²) in [5.74, 6) is -0.843. The average Bonchev–Trinajstić information content (AvgIpc) is 3.41. The van der Waals surface area contributed by atoms with Crippen LogP contribution < -0.4 is 5.32 Å². The van der Waals surface area contributed by atoms with Crippen LogP contribution >= 0.6 is 11.8 Å². The van der Waals surface area contributed by atoms with E-state index >= 15 is 0 Å². The maximum atomic E-state index is 13.0. The van der Waals surface area contributed by atoms with Gasteiger partial charge in [0.05, 0.1) is 4.91 Å². The normalized spacial score (nSPS) is 14.6. The lowest BCUT2D eigenvalue weighted by Crippen LogP contribution is -2.37. The summed E-state index contributed by atoms with van der Waals surface area (Å²) in [5, 5.41) is 2.19. The highest BCUT2D eigenvalue weighted by Gasteiger charge is 2.34. The van der Waals surface area contributed by atoms with Crippen molar-refractivity contribution in [3.8, 4) is 11.3 Å². The van der Waals surface area contributed by atoms with Crippen LogP contribution in [0.1, 0.15) is 33.4 Å². The van der Waals surface area contributed by atoms with Crippen LogP contribution in [0.3, 0.4) is 0 Å². The van der Waals surface area contributed by atoms with Gasteiger partial charge in [0.15, 0.2) is 11.5 Å². The zero-order valence-electron chi connectivity index (χ0n) is 18.0. The molecule has 0 atom stereocenters. The summed E-state index contributed by atoms with van der Waals surface area (Å²) in [5.41, 5.74) is 1.90. The Morgan fingerprint density at radius 1 is 1.03 bits per heavy atom. The number of ketones is 1. The monoisotopic (exact) mass is 478 g/mol. The summed E-state index contributed by atoms with van der Waals surface area (Å²) in [6.07, 6.45) is 1.52. The number of furan rings is 1. The first-order valence-electron chi connectivity index (χ1n) is 10.3. The second kappa shape index (κ2) is 9.88. The first kappa shape index (κ1) is 23.2. The van der Waals surface area contributed by atoms with Gasteiger partial charge in [0.1, 0.15) is 11.6 Å². The zero-order chi connectivity index (χ0) is 24.2. The van der Waals surface area contributed by atoms with E-state index in [2.05, 4.69) is 5.32 Å². The van der Waals surface area contributed by atoms with Crippen LogP contribution in [0.2, 0.25) is 0 Å². The van der Waals surface area contributed by atoms with Crippen molar-refractivity contribution < 1.29 is 28.0 Å². The zero-order valence-corrected chi connectivity index (χ0v) is 18.9. The number of nitrogens with one attached hydrogen (secondary N) is 1. The number of carbonyl (C=O) groups is 4. The van der Waals surface area contributed by atoms with Crippen molar-refractivity contribution in [2.45, 2.75) is 6.92 Å². The SMILES string of the molecule is CC(=O)c1ccc(-c2ccc(C(=O)NCCN3C(=O)S/C(=C/c4ccc(F)cc4)C3=O)o2)cc1. The molecule has 34 heavy (non-hydrogen) atoms. The van der Waals surface area contributed by atoms with Crippen LogP contribution in [-0.4, -0.2) is 40.8 Å². The van der Waals surface area contributed by atoms with E-state index in [9.17, 15) is 23.6 Å². The van der Waals surface area contributed by atoms with Gasteiger partial charge in [0, 0.05) is 24.2 Å². The van der Waals surface area contributed by atoms with Crippen molar-refractivity contribution in [1.82, 2.24) is 10.2 Å². The van der Waals surface area contributed by atoms with Gasteiger partial charge in [-0.15, -0.1) is 0 Å². The number of hydrogen-bond donors (Lipinski definition) is 1. The molecule has 7 nitrogen and oxygen atoms in total. The first-order chi connectivity index (χ1) is 16.3. The van der Waals surface area contributed by atoms with Crippen LogP contribution in [0.5, 0.6) is 0 Å². The molecular formula is C25H19FN2O5S. The fraction of sp³-hybridized carbons (Fsp3) is 0.120. The van der Waals surface area contributed by atoms with Gasteiger partial charge in [0.2, 0.25) is 0 Å². The Labute approximate surface area is 198 Å². The molecule has 0 spiro atoms. The Morgan fingerprint density at radius 3 is 2.41 bits per heavy atom. The number of carbonyl (C=O) groups excluding carboxylic acids is 4. The van der Waals surface area contributed by atoms with Crippen LogP contribution in [-0.2, 0) is 4.79 Å². The predicted molar refractivity (Wildman–Crippen MR) is 126 cm³/mol. The molecular weight excluding hydrogens is 459 g/mol. The van der Waals surface area contributed by atoms with E-state index < -0.39 is 22.9 Å². The van der Waals surface area contributed by atoms with E-state index in [1.807, 2.05) is 0 Å².